The predicted molar refractivity (Wildman–Crippen MR) is 100 cm³/mol. The minimum absolute atomic E-state index is 0.495. The topological polar surface area (TPSA) is 43.4 Å². The molecular formula is C21H22N2O2. The number of nitrogens with one attached hydrogen (secondary N) is 1. The van der Waals surface area contributed by atoms with E-state index < -0.39 is 0 Å². The summed E-state index contributed by atoms with van der Waals surface area (Å²) in [5.74, 6) is 2.61. The van der Waals surface area contributed by atoms with Gasteiger partial charge in [0.1, 0.15) is 30.5 Å². The first-order valence-corrected chi connectivity index (χ1v) is 8.37. The predicted octanol–water partition coefficient (Wildman–Crippen LogP) is 4.46. The summed E-state index contributed by atoms with van der Waals surface area (Å²) in [6, 6.07) is 21.8. The van der Waals surface area contributed by atoms with Gasteiger partial charge >= 0.3 is 0 Å². The maximum Gasteiger partial charge on any atom is 0.126 e. The van der Waals surface area contributed by atoms with E-state index in [0.717, 1.165) is 28.4 Å². The van der Waals surface area contributed by atoms with Gasteiger partial charge in [-0.15, -0.1) is 0 Å². The van der Waals surface area contributed by atoms with E-state index in [9.17, 15) is 0 Å². The lowest BCUT2D eigenvalue weighted by atomic mass is 10.2. The van der Waals surface area contributed by atoms with Crippen molar-refractivity contribution < 1.29 is 9.47 Å². The van der Waals surface area contributed by atoms with Gasteiger partial charge < -0.3 is 14.8 Å². The lowest BCUT2D eigenvalue weighted by molar-refractivity contribution is 0.215. The molecule has 3 rings (SSSR count). The molecular weight excluding hydrogens is 312 g/mol. The van der Waals surface area contributed by atoms with Gasteiger partial charge in [0.2, 0.25) is 0 Å². The molecule has 1 aromatic heterocycles. The number of aryl methyl sites for hydroxylation is 1. The van der Waals surface area contributed by atoms with Gasteiger partial charge in [0.05, 0.1) is 0 Å². The summed E-state index contributed by atoms with van der Waals surface area (Å²) in [4.78, 5) is 4.27. The zero-order valence-electron chi connectivity index (χ0n) is 14.3. The smallest absolute Gasteiger partial charge is 0.126 e. The van der Waals surface area contributed by atoms with E-state index in [1.165, 1.54) is 0 Å². The number of nitrogens with zero attached hydrogens (tertiary/aromatic N) is 1. The van der Waals surface area contributed by atoms with Crippen molar-refractivity contribution >= 4 is 5.82 Å². The molecule has 0 aliphatic carbocycles. The number of anilines is 1. The largest absolute Gasteiger partial charge is 0.490 e. The average molecular weight is 334 g/mol. The first kappa shape index (κ1) is 16.8. The van der Waals surface area contributed by atoms with Crippen LogP contribution in [0.3, 0.4) is 0 Å². The number of rotatable bonds is 8. The molecule has 4 nitrogen and oxygen atoms in total. The fourth-order valence-electron chi connectivity index (χ4n) is 2.47. The van der Waals surface area contributed by atoms with Crippen LogP contribution in [0.25, 0.3) is 0 Å². The summed E-state index contributed by atoms with van der Waals surface area (Å²) in [5.41, 5.74) is 2.21. The molecule has 0 spiro atoms. The van der Waals surface area contributed by atoms with Gasteiger partial charge in [-0.2, -0.15) is 0 Å². The Labute approximate surface area is 148 Å². The molecule has 0 radical (unpaired) electrons. The highest BCUT2D eigenvalue weighted by Gasteiger charge is 2.04. The molecule has 4 heteroatoms. The number of aromatic nitrogens is 1. The van der Waals surface area contributed by atoms with E-state index in [2.05, 4.69) is 10.3 Å². The van der Waals surface area contributed by atoms with E-state index in [1.807, 2.05) is 73.7 Å². The Bertz CT molecular complexity index is 791. The summed E-state index contributed by atoms with van der Waals surface area (Å²) in [5, 5.41) is 3.30. The minimum atomic E-state index is 0.495. The third-order valence-corrected chi connectivity index (χ3v) is 3.79. The third-order valence-electron chi connectivity index (χ3n) is 3.79. The summed E-state index contributed by atoms with van der Waals surface area (Å²) in [7, 11) is 0. The van der Waals surface area contributed by atoms with Gasteiger partial charge in [0.25, 0.3) is 0 Å². The monoisotopic (exact) mass is 334 g/mol. The highest BCUT2D eigenvalue weighted by Crippen LogP contribution is 2.20. The molecule has 3 aromatic rings. The van der Waals surface area contributed by atoms with Crippen molar-refractivity contribution in [3.05, 3.63) is 84.1 Å². The SMILES string of the molecule is Cc1ccccc1OCCOc1ccccc1CNc1ccccn1. The Morgan fingerprint density at radius 1 is 0.800 bits per heavy atom. The zero-order chi connectivity index (χ0) is 17.3. The van der Waals surface area contributed by atoms with Crippen molar-refractivity contribution in [1.29, 1.82) is 0 Å². The molecule has 0 aliphatic rings. The number of ether oxygens (including phenoxy) is 2. The highest BCUT2D eigenvalue weighted by molar-refractivity contribution is 5.39. The maximum absolute atomic E-state index is 5.90. The highest BCUT2D eigenvalue weighted by atomic mass is 16.5. The van der Waals surface area contributed by atoms with Crippen LogP contribution in [0.2, 0.25) is 0 Å². The second-order valence-corrected chi connectivity index (χ2v) is 5.64. The molecule has 1 N–H and O–H groups in total. The fraction of sp³-hybridized carbons (Fsp3) is 0.190. The summed E-state index contributed by atoms with van der Waals surface area (Å²) < 4.78 is 11.7. The van der Waals surface area contributed by atoms with Crippen LogP contribution in [0, 0.1) is 6.92 Å². The molecule has 0 bridgehead atoms. The van der Waals surface area contributed by atoms with Crippen molar-refractivity contribution in [3.63, 3.8) is 0 Å². The average Bonchev–Trinajstić information content (AvgIpc) is 2.66. The zero-order valence-corrected chi connectivity index (χ0v) is 14.3. The van der Waals surface area contributed by atoms with Crippen molar-refractivity contribution in [2.45, 2.75) is 13.5 Å². The number of para-hydroxylation sites is 2. The second kappa shape index (κ2) is 8.73. The van der Waals surface area contributed by atoms with E-state index in [1.54, 1.807) is 6.20 Å². The number of hydrogen-bond donors (Lipinski definition) is 1. The van der Waals surface area contributed by atoms with Crippen LogP contribution >= 0.6 is 0 Å². The van der Waals surface area contributed by atoms with Crippen LogP contribution in [0.5, 0.6) is 11.5 Å². The van der Waals surface area contributed by atoms with Crippen LogP contribution in [0.15, 0.2) is 72.9 Å². The summed E-state index contributed by atoms with van der Waals surface area (Å²) in [6.07, 6.45) is 1.77. The summed E-state index contributed by atoms with van der Waals surface area (Å²) in [6.45, 7) is 3.70. The van der Waals surface area contributed by atoms with Crippen LogP contribution < -0.4 is 14.8 Å². The van der Waals surface area contributed by atoms with Gasteiger partial charge in [-0.1, -0.05) is 42.5 Å². The molecule has 0 aliphatic heterocycles. The molecule has 0 atom stereocenters. The van der Waals surface area contributed by atoms with Gasteiger partial charge in [0, 0.05) is 18.3 Å². The van der Waals surface area contributed by atoms with Gasteiger partial charge in [0.15, 0.2) is 0 Å². The molecule has 128 valence electrons. The number of pyridine rings is 1. The Balaban J connectivity index is 1.51. The molecule has 0 unspecified atom stereocenters. The molecule has 25 heavy (non-hydrogen) atoms. The maximum atomic E-state index is 5.90. The van der Waals surface area contributed by atoms with Crippen LogP contribution in [0.4, 0.5) is 5.82 Å². The van der Waals surface area contributed by atoms with E-state index >= 15 is 0 Å². The second-order valence-electron chi connectivity index (χ2n) is 5.64. The first-order chi connectivity index (χ1) is 12.3. The lowest BCUT2D eigenvalue weighted by Gasteiger charge is -2.13. The van der Waals surface area contributed by atoms with Gasteiger partial charge in [-0.25, -0.2) is 4.98 Å². The number of benzene rings is 2. The molecule has 0 saturated carbocycles. The molecule has 0 fully saturated rings. The first-order valence-electron chi connectivity index (χ1n) is 8.37. The normalized spacial score (nSPS) is 10.3. The van der Waals surface area contributed by atoms with Crippen molar-refractivity contribution in [1.82, 2.24) is 4.98 Å². The lowest BCUT2D eigenvalue weighted by Crippen LogP contribution is -2.11. The summed E-state index contributed by atoms with van der Waals surface area (Å²) >= 11 is 0. The van der Waals surface area contributed by atoms with E-state index in [4.69, 9.17) is 9.47 Å². The van der Waals surface area contributed by atoms with Crippen LogP contribution in [0.1, 0.15) is 11.1 Å². The molecule has 0 amide bonds. The van der Waals surface area contributed by atoms with Crippen molar-refractivity contribution in [3.8, 4) is 11.5 Å². The quantitative estimate of drug-likeness (QED) is 0.618. The molecule has 2 aromatic carbocycles. The van der Waals surface area contributed by atoms with Crippen molar-refractivity contribution in [2.24, 2.45) is 0 Å². The Morgan fingerprint density at radius 3 is 2.24 bits per heavy atom. The number of hydrogen-bond acceptors (Lipinski definition) is 4. The third kappa shape index (κ3) is 4.98. The Morgan fingerprint density at radius 2 is 1.48 bits per heavy atom. The van der Waals surface area contributed by atoms with Gasteiger partial charge in [-0.05, 0) is 36.8 Å². The molecule has 1 heterocycles. The van der Waals surface area contributed by atoms with Crippen LogP contribution in [-0.2, 0) is 6.54 Å². The van der Waals surface area contributed by atoms with Crippen LogP contribution in [-0.4, -0.2) is 18.2 Å². The fourth-order valence-corrected chi connectivity index (χ4v) is 2.47. The van der Waals surface area contributed by atoms with Crippen molar-refractivity contribution in [2.75, 3.05) is 18.5 Å². The Hall–Kier alpha value is -3.01. The standard InChI is InChI=1S/C21H22N2O2/c1-17-8-2-4-10-19(17)24-14-15-25-20-11-5-3-9-18(20)16-23-21-12-6-7-13-22-21/h2-13H,14-16H2,1H3,(H,22,23). The van der Waals surface area contributed by atoms with E-state index in [-0.39, 0.29) is 0 Å². The Kier molecular flexibility index (Phi) is 5.88. The van der Waals surface area contributed by atoms with E-state index in [0.29, 0.717) is 19.8 Å². The molecule has 0 saturated heterocycles. The minimum Gasteiger partial charge on any atom is -0.490 e. The van der Waals surface area contributed by atoms with Gasteiger partial charge in [-0.3, -0.25) is 0 Å².